The normalized spacial score (nSPS) is 15.6. The lowest BCUT2D eigenvalue weighted by Crippen LogP contribution is -2.46. The largest absolute Gasteiger partial charge is 0.368 e. The predicted molar refractivity (Wildman–Crippen MR) is 75.1 cm³/mol. The molecule has 19 heavy (non-hydrogen) atoms. The Kier molecular flexibility index (Phi) is 3.31. The molecule has 4 heteroatoms. The summed E-state index contributed by atoms with van der Waals surface area (Å²) < 4.78 is 13.1. The van der Waals surface area contributed by atoms with E-state index in [0.717, 1.165) is 31.9 Å². The van der Waals surface area contributed by atoms with Gasteiger partial charge in [-0.3, -0.25) is 0 Å². The van der Waals surface area contributed by atoms with Gasteiger partial charge in [-0.1, -0.05) is 18.2 Å². The molecule has 0 radical (unpaired) electrons. The van der Waals surface area contributed by atoms with Gasteiger partial charge < -0.3 is 9.80 Å². The number of halogens is 1. The molecule has 2 heterocycles. The van der Waals surface area contributed by atoms with Gasteiger partial charge in [0, 0.05) is 49.8 Å². The van der Waals surface area contributed by atoms with Crippen LogP contribution in [0.25, 0.3) is 0 Å². The fourth-order valence-corrected chi connectivity index (χ4v) is 2.45. The Morgan fingerprint density at radius 2 is 1.47 bits per heavy atom. The molecule has 1 aromatic carbocycles. The summed E-state index contributed by atoms with van der Waals surface area (Å²) in [6.07, 6.45) is 1.52. The van der Waals surface area contributed by atoms with E-state index in [2.05, 4.69) is 39.0 Å². The van der Waals surface area contributed by atoms with Crippen LogP contribution in [-0.4, -0.2) is 31.2 Å². The minimum absolute atomic E-state index is 0.414. The van der Waals surface area contributed by atoms with Gasteiger partial charge in [0.2, 0.25) is 5.95 Å². The summed E-state index contributed by atoms with van der Waals surface area (Å²) in [7, 11) is 0. The second-order valence-electron chi connectivity index (χ2n) is 4.65. The van der Waals surface area contributed by atoms with E-state index < -0.39 is 5.95 Å². The first-order valence-electron chi connectivity index (χ1n) is 6.49. The highest BCUT2D eigenvalue weighted by atomic mass is 19.1. The number of hydrogen-bond acceptors (Lipinski definition) is 3. The van der Waals surface area contributed by atoms with Crippen molar-refractivity contribution in [1.82, 2.24) is 4.98 Å². The van der Waals surface area contributed by atoms with Crippen LogP contribution in [0.15, 0.2) is 48.7 Å². The van der Waals surface area contributed by atoms with Crippen molar-refractivity contribution in [2.75, 3.05) is 36.0 Å². The Morgan fingerprint density at radius 3 is 2.11 bits per heavy atom. The molecule has 1 aromatic heterocycles. The first-order valence-corrected chi connectivity index (χ1v) is 6.49. The van der Waals surface area contributed by atoms with Gasteiger partial charge in [-0.05, 0) is 18.2 Å². The molecule has 1 aliphatic heterocycles. The number of aromatic nitrogens is 1. The molecule has 98 valence electrons. The van der Waals surface area contributed by atoms with Crippen molar-refractivity contribution >= 4 is 11.4 Å². The number of nitrogens with zero attached hydrogens (tertiary/aromatic N) is 3. The van der Waals surface area contributed by atoms with Gasteiger partial charge >= 0.3 is 0 Å². The van der Waals surface area contributed by atoms with Crippen LogP contribution >= 0.6 is 0 Å². The van der Waals surface area contributed by atoms with Crippen molar-refractivity contribution in [3.05, 3.63) is 54.6 Å². The van der Waals surface area contributed by atoms with Crippen LogP contribution in [0.2, 0.25) is 0 Å². The van der Waals surface area contributed by atoms with Gasteiger partial charge in [0.15, 0.2) is 0 Å². The van der Waals surface area contributed by atoms with Crippen LogP contribution in [0.3, 0.4) is 0 Å². The molecular formula is C15H16FN3. The van der Waals surface area contributed by atoms with Crippen molar-refractivity contribution in [3.63, 3.8) is 0 Å². The minimum atomic E-state index is -0.414. The topological polar surface area (TPSA) is 19.4 Å². The first-order chi connectivity index (χ1) is 9.33. The maximum Gasteiger partial charge on any atom is 0.214 e. The Hall–Kier alpha value is -2.10. The third-order valence-electron chi connectivity index (χ3n) is 3.48. The monoisotopic (exact) mass is 257 g/mol. The van der Waals surface area contributed by atoms with Crippen LogP contribution in [0.1, 0.15) is 0 Å². The summed E-state index contributed by atoms with van der Waals surface area (Å²) in [5.41, 5.74) is 2.17. The first kappa shape index (κ1) is 12.0. The number of piperazine rings is 1. The smallest absolute Gasteiger partial charge is 0.214 e. The SMILES string of the molecule is Fc1cc(N2CCN(c3ccccc3)CC2)ccn1. The Bertz CT molecular complexity index is 536. The molecule has 0 N–H and O–H groups in total. The van der Waals surface area contributed by atoms with Gasteiger partial charge in [0.25, 0.3) is 0 Å². The van der Waals surface area contributed by atoms with Crippen molar-refractivity contribution in [3.8, 4) is 0 Å². The zero-order valence-corrected chi connectivity index (χ0v) is 10.7. The molecule has 1 fully saturated rings. The second-order valence-corrected chi connectivity index (χ2v) is 4.65. The maximum absolute atomic E-state index is 13.1. The number of para-hydroxylation sites is 1. The third kappa shape index (κ3) is 2.67. The fourth-order valence-electron chi connectivity index (χ4n) is 2.45. The summed E-state index contributed by atoms with van der Waals surface area (Å²) >= 11 is 0. The summed E-state index contributed by atoms with van der Waals surface area (Å²) in [6.45, 7) is 3.71. The molecule has 0 aliphatic carbocycles. The highest BCUT2D eigenvalue weighted by molar-refractivity contribution is 5.51. The van der Waals surface area contributed by atoms with E-state index in [1.54, 1.807) is 0 Å². The van der Waals surface area contributed by atoms with Crippen LogP contribution < -0.4 is 9.80 Å². The highest BCUT2D eigenvalue weighted by Crippen LogP contribution is 2.20. The molecule has 0 bridgehead atoms. The minimum Gasteiger partial charge on any atom is -0.368 e. The molecule has 0 amide bonds. The van der Waals surface area contributed by atoms with Gasteiger partial charge in [0.05, 0.1) is 0 Å². The zero-order chi connectivity index (χ0) is 13.1. The summed E-state index contributed by atoms with van der Waals surface area (Å²) in [4.78, 5) is 8.15. The molecule has 3 rings (SSSR count). The Balaban J connectivity index is 1.67. The van der Waals surface area contributed by atoms with Crippen molar-refractivity contribution in [2.24, 2.45) is 0 Å². The molecule has 0 unspecified atom stereocenters. The lowest BCUT2D eigenvalue weighted by molar-refractivity contribution is 0.580. The molecular weight excluding hydrogens is 241 g/mol. The van der Waals surface area contributed by atoms with Crippen LogP contribution in [0, 0.1) is 5.95 Å². The van der Waals surface area contributed by atoms with Crippen LogP contribution in [0.5, 0.6) is 0 Å². The molecule has 0 spiro atoms. The van der Waals surface area contributed by atoms with E-state index in [9.17, 15) is 4.39 Å². The predicted octanol–water partition coefficient (Wildman–Crippen LogP) is 2.55. The van der Waals surface area contributed by atoms with Crippen LogP contribution in [-0.2, 0) is 0 Å². The number of benzene rings is 1. The van der Waals surface area contributed by atoms with Gasteiger partial charge in [-0.25, -0.2) is 4.98 Å². The molecule has 1 aliphatic rings. The summed E-state index contributed by atoms with van der Waals surface area (Å²) in [5.74, 6) is -0.414. The van der Waals surface area contributed by atoms with E-state index in [-0.39, 0.29) is 0 Å². The summed E-state index contributed by atoms with van der Waals surface area (Å²) in [5, 5.41) is 0. The van der Waals surface area contributed by atoms with Gasteiger partial charge in [-0.15, -0.1) is 0 Å². The van der Waals surface area contributed by atoms with E-state index in [1.165, 1.54) is 18.0 Å². The van der Waals surface area contributed by atoms with Crippen molar-refractivity contribution < 1.29 is 4.39 Å². The molecule has 0 saturated carbocycles. The summed E-state index contributed by atoms with van der Waals surface area (Å²) in [6, 6.07) is 13.8. The lowest BCUT2D eigenvalue weighted by atomic mass is 10.2. The van der Waals surface area contributed by atoms with Crippen LogP contribution in [0.4, 0.5) is 15.8 Å². The number of hydrogen-bond donors (Lipinski definition) is 0. The Labute approximate surface area is 112 Å². The Morgan fingerprint density at radius 1 is 0.842 bits per heavy atom. The standard InChI is InChI=1S/C15H16FN3/c16-15-12-14(6-7-17-15)19-10-8-18(9-11-19)13-4-2-1-3-5-13/h1-7,12H,8-11H2. The van der Waals surface area contributed by atoms with Crippen molar-refractivity contribution in [2.45, 2.75) is 0 Å². The lowest BCUT2D eigenvalue weighted by Gasteiger charge is -2.37. The average molecular weight is 257 g/mol. The zero-order valence-electron chi connectivity index (χ0n) is 10.7. The number of pyridine rings is 1. The quantitative estimate of drug-likeness (QED) is 0.771. The molecule has 1 saturated heterocycles. The molecule has 0 atom stereocenters. The number of anilines is 2. The van der Waals surface area contributed by atoms with Gasteiger partial charge in [0.1, 0.15) is 0 Å². The number of rotatable bonds is 2. The van der Waals surface area contributed by atoms with E-state index >= 15 is 0 Å². The van der Waals surface area contributed by atoms with E-state index in [4.69, 9.17) is 0 Å². The van der Waals surface area contributed by atoms with E-state index in [1.807, 2.05) is 12.1 Å². The third-order valence-corrected chi connectivity index (χ3v) is 3.48. The average Bonchev–Trinajstić information content (AvgIpc) is 2.48. The van der Waals surface area contributed by atoms with E-state index in [0.29, 0.717) is 0 Å². The maximum atomic E-state index is 13.1. The fraction of sp³-hybridized carbons (Fsp3) is 0.267. The highest BCUT2D eigenvalue weighted by Gasteiger charge is 2.17. The second kappa shape index (κ2) is 5.26. The van der Waals surface area contributed by atoms with Crippen molar-refractivity contribution in [1.29, 1.82) is 0 Å². The molecule has 3 nitrogen and oxygen atoms in total. The molecule has 2 aromatic rings. The van der Waals surface area contributed by atoms with Gasteiger partial charge in [-0.2, -0.15) is 4.39 Å².